The molecule has 1 atom stereocenters. The maximum atomic E-state index is 4.22. The minimum absolute atomic E-state index is 0.324. The van der Waals surface area contributed by atoms with Gasteiger partial charge < -0.3 is 9.88 Å². The Hall–Kier alpha value is -1.61. The van der Waals surface area contributed by atoms with Crippen LogP contribution in [-0.2, 0) is 19.9 Å². The van der Waals surface area contributed by atoms with Crippen molar-refractivity contribution in [3.63, 3.8) is 0 Å². The number of imidazole rings is 1. The first-order chi connectivity index (χ1) is 9.24. The van der Waals surface area contributed by atoms with Crippen LogP contribution in [-0.4, -0.2) is 16.1 Å². The third kappa shape index (κ3) is 3.44. The lowest BCUT2D eigenvalue weighted by atomic mass is 10.0. The van der Waals surface area contributed by atoms with Crippen LogP contribution in [0.25, 0.3) is 0 Å². The quantitative estimate of drug-likeness (QED) is 0.862. The molecule has 0 bridgehead atoms. The summed E-state index contributed by atoms with van der Waals surface area (Å²) in [5.41, 5.74) is 4.00. The minimum atomic E-state index is 0.324. The van der Waals surface area contributed by atoms with Gasteiger partial charge in [-0.1, -0.05) is 38.1 Å². The van der Waals surface area contributed by atoms with E-state index in [0.717, 1.165) is 19.4 Å². The van der Waals surface area contributed by atoms with Gasteiger partial charge in [0.2, 0.25) is 0 Å². The molecular weight excluding hydrogens is 234 g/mol. The number of likely N-dealkylation sites (N-methyl/N-ethyl adjacent to an activating group) is 1. The van der Waals surface area contributed by atoms with Crippen LogP contribution in [0.2, 0.25) is 0 Å². The highest BCUT2D eigenvalue weighted by molar-refractivity contribution is 5.24. The van der Waals surface area contributed by atoms with E-state index in [1.807, 2.05) is 19.6 Å². The van der Waals surface area contributed by atoms with Crippen molar-refractivity contribution < 1.29 is 0 Å². The standard InChI is InChI=1S/C16H23N3/c1-4-13-6-8-14(9-7-13)10-15(18-5-2)16-11-17-12-19(16)3/h6-9,11-12,15,18H,4-5,10H2,1-3H3. The third-order valence-electron chi connectivity index (χ3n) is 3.53. The second-order valence-electron chi connectivity index (χ2n) is 4.91. The van der Waals surface area contributed by atoms with Gasteiger partial charge in [-0.25, -0.2) is 4.98 Å². The van der Waals surface area contributed by atoms with E-state index >= 15 is 0 Å². The van der Waals surface area contributed by atoms with E-state index in [-0.39, 0.29) is 0 Å². The van der Waals surface area contributed by atoms with Gasteiger partial charge in [0.25, 0.3) is 0 Å². The Kier molecular flexibility index (Phi) is 4.74. The van der Waals surface area contributed by atoms with Gasteiger partial charge >= 0.3 is 0 Å². The monoisotopic (exact) mass is 257 g/mol. The van der Waals surface area contributed by atoms with Crippen molar-refractivity contribution >= 4 is 0 Å². The molecule has 0 saturated heterocycles. The van der Waals surface area contributed by atoms with Crippen LogP contribution in [0.3, 0.4) is 0 Å². The number of aryl methyl sites for hydroxylation is 2. The minimum Gasteiger partial charge on any atom is -0.336 e. The van der Waals surface area contributed by atoms with Crippen molar-refractivity contribution in [3.8, 4) is 0 Å². The molecule has 0 amide bonds. The number of aromatic nitrogens is 2. The largest absolute Gasteiger partial charge is 0.336 e. The van der Waals surface area contributed by atoms with E-state index in [0.29, 0.717) is 6.04 Å². The van der Waals surface area contributed by atoms with Crippen molar-refractivity contribution in [1.82, 2.24) is 14.9 Å². The van der Waals surface area contributed by atoms with Crippen LogP contribution in [0, 0.1) is 0 Å². The summed E-state index contributed by atoms with van der Waals surface area (Å²) in [4.78, 5) is 4.22. The molecule has 1 N–H and O–H groups in total. The van der Waals surface area contributed by atoms with Gasteiger partial charge in [-0.3, -0.25) is 0 Å². The van der Waals surface area contributed by atoms with Crippen molar-refractivity contribution in [2.75, 3.05) is 6.54 Å². The summed E-state index contributed by atoms with van der Waals surface area (Å²) in [5, 5.41) is 3.54. The zero-order chi connectivity index (χ0) is 13.7. The van der Waals surface area contributed by atoms with E-state index in [2.05, 4.69) is 53.0 Å². The van der Waals surface area contributed by atoms with Crippen LogP contribution in [0.15, 0.2) is 36.8 Å². The molecule has 102 valence electrons. The van der Waals surface area contributed by atoms with E-state index in [1.165, 1.54) is 16.8 Å². The molecule has 0 fully saturated rings. The average Bonchev–Trinajstić information content (AvgIpc) is 2.85. The highest BCUT2D eigenvalue weighted by atomic mass is 15.1. The molecule has 0 saturated carbocycles. The van der Waals surface area contributed by atoms with Crippen LogP contribution < -0.4 is 5.32 Å². The number of nitrogens with zero attached hydrogens (tertiary/aromatic N) is 2. The fourth-order valence-corrected chi connectivity index (χ4v) is 2.38. The van der Waals surface area contributed by atoms with Gasteiger partial charge in [-0.15, -0.1) is 0 Å². The van der Waals surface area contributed by atoms with E-state index in [4.69, 9.17) is 0 Å². The molecule has 3 nitrogen and oxygen atoms in total. The Bertz CT molecular complexity index is 499. The normalized spacial score (nSPS) is 12.6. The van der Waals surface area contributed by atoms with Gasteiger partial charge in [0, 0.05) is 13.2 Å². The molecule has 2 aromatic rings. The summed E-state index contributed by atoms with van der Waals surface area (Å²) in [7, 11) is 2.05. The van der Waals surface area contributed by atoms with Crippen LogP contribution in [0.4, 0.5) is 0 Å². The number of nitrogens with one attached hydrogen (secondary N) is 1. The van der Waals surface area contributed by atoms with Crippen molar-refractivity contribution in [2.24, 2.45) is 7.05 Å². The Morgan fingerprint density at radius 2 is 1.84 bits per heavy atom. The van der Waals surface area contributed by atoms with Crippen LogP contribution in [0.5, 0.6) is 0 Å². The van der Waals surface area contributed by atoms with E-state index in [1.54, 1.807) is 0 Å². The molecule has 1 aromatic carbocycles. The van der Waals surface area contributed by atoms with Gasteiger partial charge in [0.05, 0.1) is 18.1 Å². The first-order valence-corrected chi connectivity index (χ1v) is 7.02. The fraction of sp³-hybridized carbons (Fsp3) is 0.438. The summed E-state index contributed by atoms with van der Waals surface area (Å²) in [6.07, 6.45) is 5.91. The molecule has 0 radical (unpaired) electrons. The van der Waals surface area contributed by atoms with E-state index in [9.17, 15) is 0 Å². The van der Waals surface area contributed by atoms with Crippen molar-refractivity contribution in [1.29, 1.82) is 0 Å². The topological polar surface area (TPSA) is 29.9 Å². The predicted molar refractivity (Wildman–Crippen MR) is 79.1 cm³/mol. The summed E-state index contributed by atoms with van der Waals surface area (Å²) in [5.74, 6) is 0. The number of rotatable bonds is 6. The summed E-state index contributed by atoms with van der Waals surface area (Å²) >= 11 is 0. The Morgan fingerprint density at radius 1 is 1.16 bits per heavy atom. The molecule has 19 heavy (non-hydrogen) atoms. The maximum Gasteiger partial charge on any atom is 0.0946 e. The summed E-state index contributed by atoms with van der Waals surface area (Å²) < 4.78 is 2.09. The molecule has 0 spiro atoms. The summed E-state index contributed by atoms with van der Waals surface area (Å²) in [6, 6.07) is 9.24. The highest BCUT2D eigenvalue weighted by Gasteiger charge is 2.14. The van der Waals surface area contributed by atoms with Gasteiger partial charge in [-0.05, 0) is 30.5 Å². The SMILES string of the molecule is CCNC(Cc1ccc(CC)cc1)c1cncn1C. The second kappa shape index (κ2) is 6.53. The fourth-order valence-electron chi connectivity index (χ4n) is 2.38. The first kappa shape index (κ1) is 13.8. The molecule has 1 unspecified atom stereocenters. The average molecular weight is 257 g/mol. The maximum absolute atomic E-state index is 4.22. The zero-order valence-corrected chi connectivity index (χ0v) is 12.1. The van der Waals surface area contributed by atoms with E-state index < -0.39 is 0 Å². The lowest BCUT2D eigenvalue weighted by Gasteiger charge is -2.18. The summed E-state index contributed by atoms with van der Waals surface area (Å²) in [6.45, 7) is 5.29. The highest BCUT2D eigenvalue weighted by Crippen LogP contribution is 2.18. The molecule has 3 heteroatoms. The predicted octanol–water partition coefficient (Wildman–Crippen LogP) is 2.88. The Balaban J connectivity index is 2.14. The van der Waals surface area contributed by atoms with Crippen molar-refractivity contribution in [3.05, 3.63) is 53.6 Å². The molecule has 1 heterocycles. The van der Waals surface area contributed by atoms with Crippen molar-refractivity contribution in [2.45, 2.75) is 32.7 Å². The number of hydrogen-bond donors (Lipinski definition) is 1. The third-order valence-corrected chi connectivity index (χ3v) is 3.53. The van der Waals surface area contributed by atoms with Gasteiger partial charge in [-0.2, -0.15) is 0 Å². The Morgan fingerprint density at radius 3 is 2.37 bits per heavy atom. The molecule has 1 aromatic heterocycles. The lowest BCUT2D eigenvalue weighted by Crippen LogP contribution is -2.24. The number of benzene rings is 1. The van der Waals surface area contributed by atoms with Gasteiger partial charge in [0.1, 0.15) is 0 Å². The van der Waals surface area contributed by atoms with Gasteiger partial charge in [0.15, 0.2) is 0 Å². The molecular formula is C16H23N3. The lowest BCUT2D eigenvalue weighted by molar-refractivity contribution is 0.520. The molecule has 2 rings (SSSR count). The molecule has 0 aliphatic rings. The smallest absolute Gasteiger partial charge is 0.0946 e. The second-order valence-corrected chi connectivity index (χ2v) is 4.91. The molecule has 0 aliphatic carbocycles. The zero-order valence-electron chi connectivity index (χ0n) is 12.1. The molecule has 0 aliphatic heterocycles. The van der Waals surface area contributed by atoms with Crippen LogP contribution in [0.1, 0.15) is 36.7 Å². The first-order valence-electron chi connectivity index (χ1n) is 7.02. The Labute approximate surface area is 115 Å². The number of hydrogen-bond acceptors (Lipinski definition) is 2. The van der Waals surface area contributed by atoms with Crippen LogP contribution >= 0.6 is 0 Å².